The Morgan fingerprint density at radius 3 is 2.55 bits per heavy atom. The SMILES string of the molecule is CCNC(=O)CN1CCN(C(=O)C2(N)CCOC2)CC1. The summed E-state index contributed by atoms with van der Waals surface area (Å²) in [6.45, 7) is 6.47. The first-order chi connectivity index (χ1) is 9.55. The van der Waals surface area contributed by atoms with Crippen molar-refractivity contribution < 1.29 is 14.3 Å². The number of carbonyl (C=O) groups is 2. The van der Waals surface area contributed by atoms with Gasteiger partial charge in [0, 0.05) is 39.3 Å². The van der Waals surface area contributed by atoms with Crippen molar-refractivity contribution in [2.45, 2.75) is 18.9 Å². The monoisotopic (exact) mass is 284 g/mol. The van der Waals surface area contributed by atoms with Crippen LogP contribution in [0.15, 0.2) is 0 Å². The molecule has 2 saturated heterocycles. The van der Waals surface area contributed by atoms with Crippen molar-refractivity contribution in [1.29, 1.82) is 0 Å². The molecule has 2 aliphatic rings. The van der Waals surface area contributed by atoms with Crippen LogP contribution >= 0.6 is 0 Å². The third-order valence-electron chi connectivity index (χ3n) is 3.88. The highest BCUT2D eigenvalue weighted by Crippen LogP contribution is 2.19. The normalized spacial score (nSPS) is 27.6. The number of carbonyl (C=O) groups excluding carboxylic acids is 2. The molecule has 114 valence electrons. The van der Waals surface area contributed by atoms with Gasteiger partial charge in [-0.3, -0.25) is 14.5 Å². The summed E-state index contributed by atoms with van der Waals surface area (Å²) in [5.41, 5.74) is 5.25. The minimum atomic E-state index is -0.845. The number of amides is 2. The van der Waals surface area contributed by atoms with E-state index in [9.17, 15) is 9.59 Å². The van der Waals surface area contributed by atoms with Crippen LogP contribution in [0.1, 0.15) is 13.3 Å². The molecule has 7 nitrogen and oxygen atoms in total. The molecule has 7 heteroatoms. The Kier molecular flexibility index (Phi) is 4.95. The van der Waals surface area contributed by atoms with Gasteiger partial charge >= 0.3 is 0 Å². The summed E-state index contributed by atoms with van der Waals surface area (Å²) >= 11 is 0. The molecule has 0 aromatic heterocycles. The molecule has 2 amide bonds. The molecule has 0 spiro atoms. The second-order valence-electron chi connectivity index (χ2n) is 5.48. The molecule has 0 bridgehead atoms. The Bertz CT molecular complexity index is 361. The number of rotatable bonds is 4. The topological polar surface area (TPSA) is 87.9 Å². The molecule has 1 atom stereocenters. The van der Waals surface area contributed by atoms with E-state index in [4.69, 9.17) is 10.5 Å². The Labute approximate surface area is 119 Å². The van der Waals surface area contributed by atoms with Gasteiger partial charge in [-0.15, -0.1) is 0 Å². The van der Waals surface area contributed by atoms with Crippen molar-refractivity contribution >= 4 is 11.8 Å². The zero-order chi connectivity index (χ0) is 14.6. The summed E-state index contributed by atoms with van der Waals surface area (Å²) in [6, 6.07) is 0. The fraction of sp³-hybridized carbons (Fsp3) is 0.846. The molecule has 0 aromatic carbocycles. The highest BCUT2D eigenvalue weighted by molar-refractivity contribution is 5.86. The molecule has 20 heavy (non-hydrogen) atoms. The first-order valence-electron chi connectivity index (χ1n) is 7.20. The number of hydrogen-bond acceptors (Lipinski definition) is 5. The fourth-order valence-electron chi connectivity index (χ4n) is 2.63. The minimum Gasteiger partial charge on any atom is -0.379 e. The number of piperazine rings is 1. The lowest BCUT2D eigenvalue weighted by molar-refractivity contribution is -0.139. The first-order valence-corrected chi connectivity index (χ1v) is 7.20. The van der Waals surface area contributed by atoms with Crippen LogP contribution in [-0.4, -0.2) is 79.6 Å². The molecule has 1 unspecified atom stereocenters. The van der Waals surface area contributed by atoms with E-state index in [-0.39, 0.29) is 11.8 Å². The summed E-state index contributed by atoms with van der Waals surface area (Å²) in [4.78, 5) is 27.7. The van der Waals surface area contributed by atoms with Crippen LogP contribution in [-0.2, 0) is 14.3 Å². The van der Waals surface area contributed by atoms with Crippen LogP contribution in [0.25, 0.3) is 0 Å². The van der Waals surface area contributed by atoms with Gasteiger partial charge in [0.15, 0.2) is 0 Å². The van der Waals surface area contributed by atoms with Gasteiger partial charge in [0.25, 0.3) is 0 Å². The zero-order valence-corrected chi connectivity index (χ0v) is 12.1. The molecule has 0 radical (unpaired) electrons. The predicted molar refractivity (Wildman–Crippen MR) is 74.1 cm³/mol. The maximum absolute atomic E-state index is 12.4. The lowest BCUT2D eigenvalue weighted by Crippen LogP contribution is -2.60. The minimum absolute atomic E-state index is 0.0207. The maximum Gasteiger partial charge on any atom is 0.245 e. The van der Waals surface area contributed by atoms with Gasteiger partial charge in [0.1, 0.15) is 5.54 Å². The Hall–Kier alpha value is -1.18. The van der Waals surface area contributed by atoms with Gasteiger partial charge in [-0.1, -0.05) is 0 Å². The summed E-state index contributed by atoms with van der Waals surface area (Å²) in [7, 11) is 0. The van der Waals surface area contributed by atoms with Crippen molar-refractivity contribution in [3.63, 3.8) is 0 Å². The maximum atomic E-state index is 12.4. The van der Waals surface area contributed by atoms with E-state index in [1.165, 1.54) is 0 Å². The summed E-state index contributed by atoms with van der Waals surface area (Å²) in [5.74, 6) is 0.0134. The fourth-order valence-corrected chi connectivity index (χ4v) is 2.63. The summed E-state index contributed by atoms with van der Waals surface area (Å²) in [5, 5.41) is 2.78. The van der Waals surface area contributed by atoms with Gasteiger partial charge in [-0.2, -0.15) is 0 Å². The zero-order valence-electron chi connectivity index (χ0n) is 12.1. The second-order valence-corrected chi connectivity index (χ2v) is 5.48. The van der Waals surface area contributed by atoms with E-state index >= 15 is 0 Å². The second kappa shape index (κ2) is 6.51. The average Bonchev–Trinajstić information content (AvgIpc) is 2.87. The number of ether oxygens (including phenoxy) is 1. The van der Waals surface area contributed by atoms with Crippen molar-refractivity contribution in [2.75, 3.05) is 52.5 Å². The number of nitrogens with one attached hydrogen (secondary N) is 1. The van der Waals surface area contributed by atoms with E-state index in [0.717, 1.165) is 0 Å². The molecule has 3 N–H and O–H groups in total. The standard InChI is InChI=1S/C13H24N4O3/c1-2-15-11(18)9-16-4-6-17(7-5-16)12(19)13(14)3-8-20-10-13/h2-10,14H2,1H3,(H,15,18). The van der Waals surface area contributed by atoms with Crippen LogP contribution in [0, 0.1) is 0 Å². The van der Waals surface area contributed by atoms with Gasteiger partial charge in [0.2, 0.25) is 11.8 Å². The van der Waals surface area contributed by atoms with E-state index in [1.54, 1.807) is 4.90 Å². The average molecular weight is 284 g/mol. The first kappa shape index (κ1) is 15.2. The summed E-state index contributed by atoms with van der Waals surface area (Å²) in [6.07, 6.45) is 0.588. The molecule has 0 aliphatic carbocycles. The van der Waals surface area contributed by atoms with Crippen molar-refractivity contribution in [3.05, 3.63) is 0 Å². The molecule has 0 aromatic rings. The molecule has 2 heterocycles. The molecule has 0 saturated carbocycles. The highest BCUT2D eigenvalue weighted by Gasteiger charge is 2.41. The van der Waals surface area contributed by atoms with E-state index in [0.29, 0.717) is 58.9 Å². The number of nitrogens with two attached hydrogens (primary N) is 1. The van der Waals surface area contributed by atoms with Crippen LogP contribution in [0.5, 0.6) is 0 Å². The van der Waals surface area contributed by atoms with Crippen LogP contribution in [0.4, 0.5) is 0 Å². The molecule has 2 fully saturated rings. The quantitative estimate of drug-likeness (QED) is 0.648. The summed E-state index contributed by atoms with van der Waals surface area (Å²) < 4.78 is 5.24. The Morgan fingerprint density at radius 1 is 1.30 bits per heavy atom. The largest absolute Gasteiger partial charge is 0.379 e. The number of hydrogen-bond donors (Lipinski definition) is 2. The predicted octanol–water partition coefficient (Wildman–Crippen LogP) is -1.62. The number of likely N-dealkylation sites (N-methyl/N-ethyl adjacent to an activating group) is 1. The molecular formula is C13H24N4O3. The smallest absolute Gasteiger partial charge is 0.245 e. The number of nitrogens with zero attached hydrogens (tertiary/aromatic N) is 2. The Balaban J connectivity index is 1.79. The lowest BCUT2D eigenvalue weighted by atomic mass is 9.98. The Morgan fingerprint density at radius 2 is 2.00 bits per heavy atom. The highest BCUT2D eigenvalue weighted by atomic mass is 16.5. The van der Waals surface area contributed by atoms with Gasteiger partial charge in [-0.25, -0.2) is 0 Å². The van der Waals surface area contributed by atoms with Gasteiger partial charge < -0.3 is 20.7 Å². The third-order valence-corrected chi connectivity index (χ3v) is 3.88. The van der Waals surface area contributed by atoms with Gasteiger partial charge in [-0.05, 0) is 13.3 Å². The van der Waals surface area contributed by atoms with Crippen LogP contribution < -0.4 is 11.1 Å². The van der Waals surface area contributed by atoms with Crippen LogP contribution in [0.2, 0.25) is 0 Å². The third kappa shape index (κ3) is 3.47. The van der Waals surface area contributed by atoms with E-state index in [2.05, 4.69) is 10.2 Å². The van der Waals surface area contributed by atoms with Crippen molar-refractivity contribution in [3.8, 4) is 0 Å². The van der Waals surface area contributed by atoms with Crippen LogP contribution in [0.3, 0.4) is 0 Å². The van der Waals surface area contributed by atoms with E-state index in [1.807, 2.05) is 6.92 Å². The lowest BCUT2D eigenvalue weighted by Gasteiger charge is -2.37. The van der Waals surface area contributed by atoms with E-state index < -0.39 is 5.54 Å². The molecule has 2 aliphatic heterocycles. The molecular weight excluding hydrogens is 260 g/mol. The molecule has 2 rings (SSSR count). The van der Waals surface area contributed by atoms with Crippen molar-refractivity contribution in [2.24, 2.45) is 5.73 Å². The van der Waals surface area contributed by atoms with Gasteiger partial charge in [0.05, 0.1) is 13.2 Å². The van der Waals surface area contributed by atoms with Crippen molar-refractivity contribution in [1.82, 2.24) is 15.1 Å².